The van der Waals surface area contributed by atoms with Gasteiger partial charge in [0.05, 0.1) is 13.2 Å². The molecule has 0 radical (unpaired) electrons. The van der Waals surface area contributed by atoms with E-state index in [0.717, 1.165) is 29.5 Å². The lowest BCUT2D eigenvalue weighted by Gasteiger charge is -2.17. The zero-order valence-corrected chi connectivity index (χ0v) is 12.5. The van der Waals surface area contributed by atoms with Crippen LogP contribution in [-0.4, -0.2) is 18.3 Å². The van der Waals surface area contributed by atoms with Crippen LogP contribution in [0.1, 0.15) is 37.8 Å². The highest BCUT2D eigenvalue weighted by Gasteiger charge is 2.12. The number of carbonyl (C=O) groups excluding carboxylic acids is 1. The maximum absolute atomic E-state index is 11.7. The van der Waals surface area contributed by atoms with Gasteiger partial charge in [-0.1, -0.05) is 34.1 Å². The molecule has 0 aliphatic rings. The lowest BCUT2D eigenvalue weighted by molar-refractivity contribution is -0.121. The molecule has 1 N–H and O–H groups in total. The molecule has 1 aromatic carbocycles. The van der Waals surface area contributed by atoms with E-state index in [-0.39, 0.29) is 11.9 Å². The summed E-state index contributed by atoms with van der Waals surface area (Å²) in [5.74, 6) is 0.903. The van der Waals surface area contributed by atoms with Crippen molar-refractivity contribution in [1.29, 1.82) is 0 Å². The number of amides is 1. The van der Waals surface area contributed by atoms with E-state index >= 15 is 0 Å². The van der Waals surface area contributed by atoms with Crippen LogP contribution in [0.4, 0.5) is 0 Å². The lowest BCUT2D eigenvalue weighted by Crippen LogP contribution is -2.26. The number of methoxy groups -OCH3 is 1. The van der Waals surface area contributed by atoms with Gasteiger partial charge in [-0.25, -0.2) is 0 Å². The van der Waals surface area contributed by atoms with E-state index in [0.29, 0.717) is 6.42 Å². The molecule has 0 heterocycles. The third-order valence-corrected chi connectivity index (χ3v) is 3.33. The van der Waals surface area contributed by atoms with Gasteiger partial charge in [-0.2, -0.15) is 0 Å². The Morgan fingerprint density at radius 3 is 2.78 bits per heavy atom. The van der Waals surface area contributed by atoms with Gasteiger partial charge in [-0.3, -0.25) is 4.79 Å². The Kier molecular flexibility index (Phi) is 6.80. The van der Waals surface area contributed by atoms with E-state index in [1.165, 1.54) is 0 Å². The molecule has 0 saturated heterocycles. The molecule has 3 nitrogen and oxygen atoms in total. The maximum atomic E-state index is 11.7. The number of ether oxygens (including phenoxy) is 1. The van der Waals surface area contributed by atoms with Crippen LogP contribution >= 0.6 is 15.9 Å². The van der Waals surface area contributed by atoms with Crippen LogP contribution in [0.2, 0.25) is 0 Å². The molecular weight excluding hydrogens is 294 g/mol. The highest BCUT2D eigenvalue weighted by atomic mass is 79.9. The molecule has 0 unspecified atom stereocenters. The van der Waals surface area contributed by atoms with E-state index in [4.69, 9.17) is 4.74 Å². The molecule has 0 aliphatic carbocycles. The first kappa shape index (κ1) is 15.0. The molecule has 1 rings (SSSR count). The second kappa shape index (κ2) is 8.14. The van der Waals surface area contributed by atoms with Gasteiger partial charge in [0.25, 0.3) is 0 Å². The molecule has 1 amide bonds. The summed E-state index contributed by atoms with van der Waals surface area (Å²) in [6, 6.07) is 7.72. The molecule has 0 saturated carbocycles. The molecular formula is C14H20BrNO2. The Balaban J connectivity index is 2.53. The third kappa shape index (κ3) is 4.69. The summed E-state index contributed by atoms with van der Waals surface area (Å²) in [5.41, 5.74) is 1.01. The fourth-order valence-electron chi connectivity index (χ4n) is 1.80. The molecule has 1 atom stereocenters. The van der Waals surface area contributed by atoms with Crippen molar-refractivity contribution in [2.45, 2.75) is 32.2 Å². The monoisotopic (exact) mass is 313 g/mol. The molecule has 4 heteroatoms. The van der Waals surface area contributed by atoms with E-state index in [9.17, 15) is 4.79 Å². The number of para-hydroxylation sites is 1. The van der Waals surface area contributed by atoms with Crippen LogP contribution in [0.25, 0.3) is 0 Å². The molecule has 0 spiro atoms. The fourth-order valence-corrected chi connectivity index (χ4v) is 2.19. The third-order valence-electron chi connectivity index (χ3n) is 2.77. The topological polar surface area (TPSA) is 38.3 Å². The average molecular weight is 314 g/mol. The molecule has 0 fully saturated rings. The van der Waals surface area contributed by atoms with Gasteiger partial charge in [0, 0.05) is 17.3 Å². The van der Waals surface area contributed by atoms with Gasteiger partial charge in [0.15, 0.2) is 0 Å². The van der Waals surface area contributed by atoms with Crippen molar-refractivity contribution in [3.63, 3.8) is 0 Å². The fraction of sp³-hybridized carbons (Fsp3) is 0.500. The summed E-state index contributed by atoms with van der Waals surface area (Å²) in [7, 11) is 1.64. The van der Waals surface area contributed by atoms with Crippen LogP contribution in [0, 0.1) is 0 Å². The summed E-state index contributed by atoms with van der Waals surface area (Å²) in [4.78, 5) is 11.7. The number of carbonyl (C=O) groups is 1. The molecule has 18 heavy (non-hydrogen) atoms. The van der Waals surface area contributed by atoms with Crippen molar-refractivity contribution in [1.82, 2.24) is 5.32 Å². The maximum Gasteiger partial charge on any atom is 0.220 e. The highest BCUT2D eigenvalue weighted by Crippen LogP contribution is 2.24. The minimum absolute atomic E-state index is 0.0300. The summed E-state index contributed by atoms with van der Waals surface area (Å²) in [5, 5.41) is 3.94. The van der Waals surface area contributed by atoms with Gasteiger partial charge in [0.2, 0.25) is 5.91 Å². The van der Waals surface area contributed by atoms with Crippen molar-refractivity contribution in [3.8, 4) is 5.75 Å². The average Bonchev–Trinajstić information content (AvgIpc) is 2.39. The number of hydrogen-bond donors (Lipinski definition) is 1. The minimum Gasteiger partial charge on any atom is -0.496 e. The van der Waals surface area contributed by atoms with Crippen molar-refractivity contribution in [3.05, 3.63) is 29.8 Å². The van der Waals surface area contributed by atoms with Crippen LogP contribution < -0.4 is 10.1 Å². The highest BCUT2D eigenvalue weighted by molar-refractivity contribution is 9.09. The quantitative estimate of drug-likeness (QED) is 0.618. The molecule has 0 aromatic heterocycles. The van der Waals surface area contributed by atoms with Gasteiger partial charge >= 0.3 is 0 Å². The first-order valence-corrected chi connectivity index (χ1v) is 7.29. The number of benzene rings is 1. The Morgan fingerprint density at radius 1 is 1.39 bits per heavy atom. The smallest absolute Gasteiger partial charge is 0.220 e. The Morgan fingerprint density at radius 2 is 2.11 bits per heavy atom. The zero-order valence-electron chi connectivity index (χ0n) is 10.9. The largest absolute Gasteiger partial charge is 0.496 e. The standard InChI is InChI=1S/C14H20BrNO2/c1-11(16-14(17)9-5-6-10-15)12-7-3-4-8-13(12)18-2/h3-4,7-8,11H,5-6,9-10H2,1-2H3,(H,16,17)/t11-/m1/s1. The van der Waals surface area contributed by atoms with Crippen LogP contribution in [0.15, 0.2) is 24.3 Å². The zero-order chi connectivity index (χ0) is 13.4. The molecule has 0 aliphatic heterocycles. The normalized spacial score (nSPS) is 11.9. The van der Waals surface area contributed by atoms with E-state index in [2.05, 4.69) is 21.2 Å². The van der Waals surface area contributed by atoms with Crippen molar-refractivity contribution >= 4 is 21.8 Å². The summed E-state index contributed by atoms with van der Waals surface area (Å²) < 4.78 is 5.29. The van der Waals surface area contributed by atoms with Gasteiger partial charge in [0.1, 0.15) is 5.75 Å². The van der Waals surface area contributed by atoms with Crippen LogP contribution in [0.3, 0.4) is 0 Å². The number of nitrogens with one attached hydrogen (secondary N) is 1. The number of halogens is 1. The molecule has 100 valence electrons. The summed E-state index contributed by atoms with van der Waals surface area (Å²) in [6.45, 7) is 1.97. The Hall–Kier alpha value is -1.03. The number of unbranched alkanes of at least 4 members (excludes halogenated alkanes) is 1. The van der Waals surface area contributed by atoms with Crippen LogP contribution in [-0.2, 0) is 4.79 Å². The number of rotatable bonds is 7. The Labute approximate surface area is 117 Å². The number of hydrogen-bond acceptors (Lipinski definition) is 2. The van der Waals surface area contributed by atoms with Crippen molar-refractivity contribution in [2.75, 3.05) is 12.4 Å². The molecule has 0 bridgehead atoms. The summed E-state index contributed by atoms with van der Waals surface area (Å²) in [6.07, 6.45) is 2.51. The summed E-state index contributed by atoms with van der Waals surface area (Å²) >= 11 is 3.36. The Bertz CT molecular complexity index is 382. The molecule has 1 aromatic rings. The van der Waals surface area contributed by atoms with Gasteiger partial charge in [-0.15, -0.1) is 0 Å². The van der Waals surface area contributed by atoms with Gasteiger partial charge in [-0.05, 0) is 25.8 Å². The SMILES string of the molecule is COc1ccccc1[C@@H](C)NC(=O)CCCCBr. The van der Waals surface area contributed by atoms with Gasteiger partial charge < -0.3 is 10.1 Å². The predicted octanol–water partition coefficient (Wildman–Crippen LogP) is 3.44. The second-order valence-electron chi connectivity index (χ2n) is 4.18. The first-order chi connectivity index (χ1) is 8.69. The second-order valence-corrected chi connectivity index (χ2v) is 4.97. The van der Waals surface area contributed by atoms with Crippen molar-refractivity contribution in [2.24, 2.45) is 0 Å². The van der Waals surface area contributed by atoms with E-state index in [1.54, 1.807) is 7.11 Å². The van der Waals surface area contributed by atoms with E-state index in [1.807, 2.05) is 31.2 Å². The van der Waals surface area contributed by atoms with E-state index < -0.39 is 0 Å². The lowest BCUT2D eigenvalue weighted by atomic mass is 10.1. The van der Waals surface area contributed by atoms with Crippen LogP contribution in [0.5, 0.6) is 5.75 Å². The number of alkyl halides is 1. The minimum atomic E-state index is -0.0300. The van der Waals surface area contributed by atoms with Crippen molar-refractivity contribution < 1.29 is 9.53 Å². The first-order valence-electron chi connectivity index (χ1n) is 6.17. The predicted molar refractivity (Wildman–Crippen MR) is 77.2 cm³/mol.